The standard InChI is InChI=1S/C20H14BrClN2O4/c21-18-8-7-17(28-18)20(26)23-14-5-6-16-15(9-14)24(19(25)11-27-16)10-12-1-3-13(22)4-2-12/h1-9H,10-11H2,(H,23,26). The molecule has 1 aliphatic rings. The smallest absolute Gasteiger partial charge is 0.291 e. The summed E-state index contributed by atoms with van der Waals surface area (Å²) in [5.74, 6) is 0.195. The number of carbonyl (C=O) groups is 2. The summed E-state index contributed by atoms with van der Waals surface area (Å²) in [5, 5.41) is 3.40. The van der Waals surface area contributed by atoms with Crippen molar-refractivity contribution in [3.05, 3.63) is 75.6 Å². The van der Waals surface area contributed by atoms with Crippen LogP contribution in [0.1, 0.15) is 16.1 Å². The predicted octanol–water partition coefficient (Wildman–Crippen LogP) is 4.87. The molecule has 6 nitrogen and oxygen atoms in total. The van der Waals surface area contributed by atoms with E-state index in [9.17, 15) is 9.59 Å². The Morgan fingerprint density at radius 1 is 1.14 bits per heavy atom. The van der Waals surface area contributed by atoms with Gasteiger partial charge in [0.1, 0.15) is 5.75 Å². The summed E-state index contributed by atoms with van der Waals surface area (Å²) in [4.78, 5) is 26.4. The Bertz CT molecular complexity index is 1050. The first kappa shape index (κ1) is 18.6. The van der Waals surface area contributed by atoms with Crippen LogP contribution in [0.3, 0.4) is 0 Å². The van der Waals surface area contributed by atoms with Crippen molar-refractivity contribution in [2.24, 2.45) is 0 Å². The molecule has 0 spiro atoms. The Labute approximate surface area is 174 Å². The molecule has 142 valence electrons. The highest BCUT2D eigenvalue weighted by Gasteiger charge is 2.26. The van der Waals surface area contributed by atoms with Crippen molar-refractivity contribution in [3.8, 4) is 5.75 Å². The van der Waals surface area contributed by atoms with Gasteiger partial charge in [0, 0.05) is 10.7 Å². The molecule has 2 aromatic carbocycles. The van der Waals surface area contributed by atoms with Gasteiger partial charge in [0.25, 0.3) is 11.8 Å². The number of hydrogen-bond acceptors (Lipinski definition) is 4. The molecule has 0 saturated carbocycles. The van der Waals surface area contributed by atoms with E-state index in [1.807, 2.05) is 12.1 Å². The Hall–Kier alpha value is -2.77. The van der Waals surface area contributed by atoms with E-state index in [0.717, 1.165) is 5.56 Å². The Kier molecular flexibility index (Phi) is 5.11. The number of amides is 2. The third-order valence-corrected chi connectivity index (χ3v) is 4.89. The second-order valence-corrected chi connectivity index (χ2v) is 7.35. The average molecular weight is 462 g/mol. The van der Waals surface area contributed by atoms with Crippen LogP contribution >= 0.6 is 27.5 Å². The fourth-order valence-corrected chi connectivity index (χ4v) is 3.29. The minimum absolute atomic E-state index is 0.0350. The molecular weight excluding hydrogens is 448 g/mol. The molecule has 0 aliphatic carbocycles. The second-order valence-electron chi connectivity index (χ2n) is 6.14. The lowest BCUT2D eigenvalue weighted by molar-refractivity contribution is -0.121. The normalized spacial score (nSPS) is 13.1. The van der Waals surface area contributed by atoms with E-state index < -0.39 is 5.91 Å². The van der Waals surface area contributed by atoms with E-state index in [-0.39, 0.29) is 18.3 Å². The number of carbonyl (C=O) groups excluding carboxylic acids is 2. The molecule has 3 aromatic rings. The third-order valence-electron chi connectivity index (χ3n) is 4.21. The fraction of sp³-hybridized carbons (Fsp3) is 0.100. The van der Waals surface area contributed by atoms with Crippen molar-refractivity contribution in [3.63, 3.8) is 0 Å². The summed E-state index contributed by atoms with van der Waals surface area (Å²) < 4.78 is 11.3. The van der Waals surface area contributed by atoms with Crippen molar-refractivity contribution >= 4 is 50.7 Å². The second kappa shape index (κ2) is 7.69. The maximum atomic E-state index is 12.5. The zero-order valence-corrected chi connectivity index (χ0v) is 16.8. The van der Waals surface area contributed by atoms with Crippen molar-refractivity contribution < 1.29 is 18.7 Å². The number of furan rings is 1. The van der Waals surface area contributed by atoms with Crippen LogP contribution < -0.4 is 15.0 Å². The van der Waals surface area contributed by atoms with Gasteiger partial charge in [-0.25, -0.2) is 0 Å². The van der Waals surface area contributed by atoms with Gasteiger partial charge in [0.15, 0.2) is 17.0 Å². The van der Waals surface area contributed by atoms with Gasteiger partial charge in [-0.15, -0.1) is 0 Å². The van der Waals surface area contributed by atoms with Gasteiger partial charge in [0.05, 0.1) is 12.2 Å². The van der Waals surface area contributed by atoms with Crippen molar-refractivity contribution in [2.45, 2.75) is 6.54 Å². The number of benzene rings is 2. The zero-order valence-electron chi connectivity index (χ0n) is 14.4. The van der Waals surface area contributed by atoms with E-state index in [1.165, 1.54) is 0 Å². The highest BCUT2D eigenvalue weighted by atomic mass is 79.9. The molecule has 28 heavy (non-hydrogen) atoms. The molecule has 4 rings (SSSR count). The van der Waals surface area contributed by atoms with Gasteiger partial charge in [0.2, 0.25) is 0 Å². The lowest BCUT2D eigenvalue weighted by Crippen LogP contribution is -2.38. The van der Waals surface area contributed by atoms with Crippen LogP contribution in [0.25, 0.3) is 0 Å². The summed E-state index contributed by atoms with van der Waals surface area (Å²) >= 11 is 9.10. The zero-order chi connectivity index (χ0) is 19.7. The molecule has 0 atom stereocenters. The molecule has 0 saturated heterocycles. The molecule has 0 fully saturated rings. The quantitative estimate of drug-likeness (QED) is 0.601. The molecule has 2 amide bonds. The maximum Gasteiger partial charge on any atom is 0.291 e. The fourth-order valence-electron chi connectivity index (χ4n) is 2.85. The van der Waals surface area contributed by atoms with E-state index in [0.29, 0.717) is 33.4 Å². The highest BCUT2D eigenvalue weighted by molar-refractivity contribution is 9.10. The van der Waals surface area contributed by atoms with Gasteiger partial charge in [-0.2, -0.15) is 0 Å². The molecule has 1 aliphatic heterocycles. The molecule has 8 heteroatoms. The Balaban J connectivity index is 1.60. The van der Waals surface area contributed by atoms with E-state index >= 15 is 0 Å². The van der Waals surface area contributed by atoms with Crippen molar-refractivity contribution in [1.82, 2.24) is 0 Å². The minimum Gasteiger partial charge on any atom is -0.482 e. The monoisotopic (exact) mass is 460 g/mol. The van der Waals surface area contributed by atoms with Gasteiger partial charge in [-0.3, -0.25) is 9.59 Å². The van der Waals surface area contributed by atoms with Crippen LogP contribution in [0.15, 0.2) is 63.7 Å². The highest BCUT2D eigenvalue weighted by Crippen LogP contribution is 2.35. The van der Waals surface area contributed by atoms with Crippen LogP contribution in [0.5, 0.6) is 5.75 Å². The number of hydrogen-bond donors (Lipinski definition) is 1. The Morgan fingerprint density at radius 2 is 1.93 bits per heavy atom. The number of fused-ring (bicyclic) bond motifs is 1. The molecule has 1 aromatic heterocycles. The number of halogens is 2. The molecule has 2 heterocycles. The molecule has 0 unspecified atom stereocenters. The lowest BCUT2D eigenvalue weighted by atomic mass is 10.1. The van der Waals surface area contributed by atoms with E-state index in [1.54, 1.807) is 47.4 Å². The summed E-state index contributed by atoms with van der Waals surface area (Å²) in [6, 6.07) is 15.6. The van der Waals surface area contributed by atoms with Gasteiger partial charge >= 0.3 is 0 Å². The summed E-state index contributed by atoms with van der Waals surface area (Å²) in [6.45, 7) is 0.335. The first-order valence-electron chi connectivity index (χ1n) is 8.38. The SMILES string of the molecule is O=C(Nc1ccc2c(c1)N(Cc1ccc(Cl)cc1)C(=O)CO2)c1ccc(Br)o1. The molecule has 0 bridgehead atoms. The van der Waals surface area contributed by atoms with Crippen LogP contribution in [0.4, 0.5) is 11.4 Å². The number of nitrogens with one attached hydrogen (secondary N) is 1. The molecule has 1 N–H and O–H groups in total. The number of nitrogens with zero attached hydrogens (tertiary/aromatic N) is 1. The van der Waals surface area contributed by atoms with Gasteiger partial charge in [-0.1, -0.05) is 23.7 Å². The summed E-state index contributed by atoms with van der Waals surface area (Å²) in [7, 11) is 0. The lowest BCUT2D eigenvalue weighted by Gasteiger charge is -2.30. The number of rotatable bonds is 4. The molecular formula is C20H14BrClN2O4. The first-order valence-corrected chi connectivity index (χ1v) is 9.55. The molecule has 0 radical (unpaired) electrons. The average Bonchev–Trinajstić information content (AvgIpc) is 3.12. The number of anilines is 2. The first-order chi connectivity index (χ1) is 13.5. The predicted molar refractivity (Wildman–Crippen MR) is 109 cm³/mol. The summed E-state index contributed by atoms with van der Waals surface area (Å²) in [6.07, 6.45) is 0. The van der Waals surface area contributed by atoms with Crippen LogP contribution in [0, 0.1) is 0 Å². The largest absolute Gasteiger partial charge is 0.482 e. The van der Waals surface area contributed by atoms with Gasteiger partial charge in [-0.05, 0) is 64.0 Å². The topological polar surface area (TPSA) is 71.8 Å². The maximum absolute atomic E-state index is 12.5. The van der Waals surface area contributed by atoms with E-state index in [4.69, 9.17) is 20.8 Å². The Morgan fingerprint density at radius 3 is 2.64 bits per heavy atom. The van der Waals surface area contributed by atoms with Gasteiger partial charge < -0.3 is 19.4 Å². The minimum atomic E-state index is -0.391. The number of ether oxygens (including phenoxy) is 1. The summed E-state index contributed by atoms with van der Waals surface area (Å²) in [5.41, 5.74) is 2.04. The third kappa shape index (κ3) is 3.90. The van der Waals surface area contributed by atoms with Crippen molar-refractivity contribution in [2.75, 3.05) is 16.8 Å². The van der Waals surface area contributed by atoms with Crippen LogP contribution in [0.2, 0.25) is 5.02 Å². The van der Waals surface area contributed by atoms with E-state index in [2.05, 4.69) is 21.2 Å². The van der Waals surface area contributed by atoms with Crippen LogP contribution in [-0.2, 0) is 11.3 Å². The van der Waals surface area contributed by atoms with Crippen molar-refractivity contribution in [1.29, 1.82) is 0 Å². The van der Waals surface area contributed by atoms with Crippen LogP contribution in [-0.4, -0.2) is 18.4 Å².